The van der Waals surface area contributed by atoms with Crippen LogP contribution in [0.25, 0.3) is 6.08 Å². The summed E-state index contributed by atoms with van der Waals surface area (Å²) >= 11 is 1.29. The molecule has 0 bridgehead atoms. The van der Waals surface area contributed by atoms with Crippen LogP contribution in [0.3, 0.4) is 0 Å². The van der Waals surface area contributed by atoms with Gasteiger partial charge in [0.25, 0.3) is 5.56 Å². The van der Waals surface area contributed by atoms with Gasteiger partial charge in [-0.05, 0) is 69.2 Å². The number of rotatable bonds is 8. The van der Waals surface area contributed by atoms with Gasteiger partial charge in [0.2, 0.25) is 0 Å². The summed E-state index contributed by atoms with van der Waals surface area (Å²) in [4.78, 5) is 34.1. The first-order chi connectivity index (χ1) is 18.1. The zero-order valence-corrected chi connectivity index (χ0v) is 23.6. The molecule has 1 aliphatic heterocycles. The first-order valence-corrected chi connectivity index (χ1v) is 13.3. The summed E-state index contributed by atoms with van der Waals surface area (Å²) in [5, 5.41) is 0. The molecule has 3 aromatic rings. The van der Waals surface area contributed by atoms with Crippen molar-refractivity contribution in [2.75, 3.05) is 32.7 Å². The molecule has 0 fully saturated rings. The van der Waals surface area contributed by atoms with Crippen LogP contribution in [0, 0.1) is 0 Å². The number of methoxy groups -OCH3 is 1. The fourth-order valence-electron chi connectivity index (χ4n) is 4.33. The predicted molar refractivity (Wildman–Crippen MR) is 150 cm³/mol. The monoisotopic (exact) mass is 535 g/mol. The van der Waals surface area contributed by atoms with Gasteiger partial charge in [0.15, 0.2) is 16.3 Å². The van der Waals surface area contributed by atoms with Crippen molar-refractivity contribution < 1.29 is 19.0 Å². The van der Waals surface area contributed by atoms with E-state index in [-0.39, 0.29) is 18.3 Å². The number of anilines is 1. The quantitative estimate of drug-likeness (QED) is 0.410. The lowest BCUT2D eigenvalue weighted by Gasteiger charge is -2.25. The molecule has 0 aliphatic carbocycles. The normalized spacial score (nSPS) is 15.3. The Hall–Kier alpha value is -3.85. The van der Waals surface area contributed by atoms with Gasteiger partial charge in [-0.15, -0.1) is 0 Å². The molecule has 9 heteroatoms. The van der Waals surface area contributed by atoms with Gasteiger partial charge in [-0.25, -0.2) is 9.79 Å². The van der Waals surface area contributed by atoms with Crippen LogP contribution < -0.4 is 29.3 Å². The first-order valence-electron chi connectivity index (χ1n) is 12.5. The van der Waals surface area contributed by atoms with Gasteiger partial charge >= 0.3 is 5.97 Å². The maximum Gasteiger partial charge on any atom is 0.338 e. The van der Waals surface area contributed by atoms with Gasteiger partial charge in [0.05, 0.1) is 41.7 Å². The molecule has 0 N–H and O–H groups in total. The third-order valence-electron chi connectivity index (χ3n) is 6.09. The zero-order valence-electron chi connectivity index (χ0n) is 22.8. The molecule has 1 atom stereocenters. The summed E-state index contributed by atoms with van der Waals surface area (Å²) in [5.41, 5.74) is 3.26. The average molecular weight is 536 g/mol. The van der Waals surface area contributed by atoms with Crippen molar-refractivity contribution in [1.82, 2.24) is 4.57 Å². The number of allylic oxidation sites excluding steroid dienone is 1. The number of carbonyl (C=O) groups excluding carboxylic acids is 1. The zero-order chi connectivity index (χ0) is 27.6. The molecular formula is C29H33N3O5S. The number of benzene rings is 2. The Bertz CT molecular complexity index is 1550. The van der Waals surface area contributed by atoms with Crippen molar-refractivity contribution in [2.24, 2.45) is 4.99 Å². The van der Waals surface area contributed by atoms with Gasteiger partial charge in [-0.3, -0.25) is 9.36 Å². The molecular weight excluding hydrogens is 502 g/mol. The highest BCUT2D eigenvalue weighted by molar-refractivity contribution is 7.07. The smallest absolute Gasteiger partial charge is 0.338 e. The molecule has 8 nitrogen and oxygen atoms in total. The van der Waals surface area contributed by atoms with Crippen LogP contribution in [0.1, 0.15) is 44.9 Å². The van der Waals surface area contributed by atoms with Crippen LogP contribution in [0.15, 0.2) is 63.5 Å². The topological polar surface area (TPSA) is 82.4 Å². The van der Waals surface area contributed by atoms with Crippen LogP contribution >= 0.6 is 11.3 Å². The van der Waals surface area contributed by atoms with E-state index < -0.39 is 12.0 Å². The minimum atomic E-state index is -0.731. The highest BCUT2D eigenvalue weighted by atomic mass is 32.1. The van der Waals surface area contributed by atoms with Crippen LogP contribution in [-0.4, -0.2) is 44.5 Å². The molecule has 0 saturated heterocycles. The van der Waals surface area contributed by atoms with E-state index in [1.807, 2.05) is 69.3 Å². The molecule has 0 saturated carbocycles. The molecule has 4 rings (SSSR count). The van der Waals surface area contributed by atoms with Gasteiger partial charge in [-0.2, -0.15) is 0 Å². The van der Waals surface area contributed by atoms with Crippen molar-refractivity contribution in [2.45, 2.75) is 39.8 Å². The number of esters is 1. The van der Waals surface area contributed by atoms with Gasteiger partial charge in [0, 0.05) is 19.8 Å². The lowest BCUT2D eigenvalue weighted by molar-refractivity contribution is -0.139. The van der Waals surface area contributed by atoms with E-state index in [2.05, 4.69) is 4.99 Å². The van der Waals surface area contributed by atoms with E-state index in [9.17, 15) is 9.59 Å². The van der Waals surface area contributed by atoms with Gasteiger partial charge in [0.1, 0.15) is 0 Å². The summed E-state index contributed by atoms with van der Waals surface area (Å²) < 4.78 is 19.0. The number of ether oxygens (including phenoxy) is 3. The molecule has 2 aromatic carbocycles. The second kappa shape index (κ2) is 11.3. The van der Waals surface area contributed by atoms with E-state index in [0.717, 1.165) is 11.3 Å². The fourth-order valence-corrected chi connectivity index (χ4v) is 5.38. The summed E-state index contributed by atoms with van der Waals surface area (Å²) in [7, 11) is 5.52. The summed E-state index contributed by atoms with van der Waals surface area (Å²) in [6.07, 6.45) is 1.81. The second-order valence-electron chi connectivity index (χ2n) is 9.37. The number of nitrogens with zero attached hydrogens (tertiary/aromatic N) is 3. The molecule has 1 aliphatic rings. The Kier molecular flexibility index (Phi) is 8.06. The summed E-state index contributed by atoms with van der Waals surface area (Å²) in [6.45, 7) is 7.60. The van der Waals surface area contributed by atoms with E-state index in [4.69, 9.17) is 14.2 Å². The Morgan fingerprint density at radius 2 is 1.87 bits per heavy atom. The third kappa shape index (κ3) is 5.38. The van der Waals surface area contributed by atoms with E-state index in [1.54, 1.807) is 37.7 Å². The molecule has 1 unspecified atom stereocenters. The second-order valence-corrected chi connectivity index (χ2v) is 10.4. The molecule has 2 heterocycles. The standard InChI is InChI=1S/C29H33N3O5S/c1-8-36-28(34)25-18(4)30-29-32(26(25)20-11-14-22(37-17(2)3)23(16-20)35-7)27(33)24(38-29)15-19-9-12-21(13-10-19)31(5)6/h9-17,26H,8H2,1-7H3. The number of fused-ring (bicyclic) bond motifs is 1. The molecule has 1 aromatic heterocycles. The van der Waals surface area contributed by atoms with Gasteiger partial charge < -0.3 is 19.1 Å². The van der Waals surface area contributed by atoms with E-state index in [1.165, 1.54) is 11.3 Å². The summed E-state index contributed by atoms with van der Waals surface area (Å²) in [5.74, 6) is 0.587. The predicted octanol–water partition coefficient (Wildman–Crippen LogP) is 3.66. The Balaban J connectivity index is 1.90. The first kappa shape index (κ1) is 27.2. The van der Waals surface area contributed by atoms with Crippen LogP contribution in [0.4, 0.5) is 5.69 Å². The number of carbonyl (C=O) groups is 1. The molecule has 200 valence electrons. The van der Waals surface area contributed by atoms with Gasteiger partial charge in [-0.1, -0.05) is 29.5 Å². The van der Waals surface area contributed by atoms with Crippen LogP contribution in [0.5, 0.6) is 11.5 Å². The Labute approximate surface area is 226 Å². The maximum atomic E-state index is 13.8. The Morgan fingerprint density at radius 3 is 2.47 bits per heavy atom. The SMILES string of the molecule is CCOC(=O)C1=C(C)N=c2sc(=Cc3ccc(N(C)C)cc3)c(=O)n2C1c1ccc(OC(C)C)c(OC)c1. The number of thiazole rings is 1. The summed E-state index contributed by atoms with van der Waals surface area (Å²) in [6, 6.07) is 12.7. The minimum absolute atomic E-state index is 0.0450. The Morgan fingerprint density at radius 1 is 1.16 bits per heavy atom. The highest BCUT2D eigenvalue weighted by Gasteiger charge is 2.34. The van der Waals surface area contributed by atoms with Crippen molar-refractivity contribution >= 4 is 29.1 Å². The number of aromatic nitrogens is 1. The van der Waals surface area contributed by atoms with Crippen LogP contribution in [-0.2, 0) is 9.53 Å². The minimum Gasteiger partial charge on any atom is -0.493 e. The maximum absolute atomic E-state index is 13.8. The average Bonchev–Trinajstić information content (AvgIpc) is 3.17. The fraction of sp³-hybridized carbons (Fsp3) is 0.345. The largest absolute Gasteiger partial charge is 0.493 e. The van der Waals surface area contributed by atoms with Crippen molar-refractivity contribution in [3.05, 3.63) is 84.5 Å². The van der Waals surface area contributed by atoms with Crippen molar-refractivity contribution in [3.8, 4) is 11.5 Å². The molecule has 0 radical (unpaired) electrons. The van der Waals surface area contributed by atoms with E-state index in [0.29, 0.717) is 37.7 Å². The number of hydrogen-bond acceptors (Lipinski definition) is 8. The molecule has 0 amide bonds. The lowest BCUT2D eigenvalue weighted by Crippen LogP contribution is -2.40. The molecule has 0 spiro atoms. The van der Waals surface area contributed by atoms with E-state index >= 15 is 0 Å². The lowest BCUT2D eigenvalue weighted by atomic mass is 9.95. The highest BCUT2D eigenvalue weighted by Crippen LogP contribution is 2.36. The number of hydrogen-bond donors (Lipinski definition) is 0. The molecule has 38 heavy (non-hydrogen) atoms. The van der Waals surface area contributed by atoms with Crippen molar-refractivity contribution in [3.63, 3.8) is 0 Å². The third-order valence-corrected chi connectivity index (χ3v) is 7.07. The van der Waals surface area contributed by atoms with Crippen LogP contribution in [0.2, 0.25) is 0 Å². The van der Waals surface area contributed by atoms with Crippen molar-refractivity contribution in [1.29, 1.82) is 0 Å².